The maximum atomic E-state index is 11.8. The first-order chi connectivity index (χ1) is 9.27. The van der Waals surface area contributed by atoms with E-state index in [1.807, 2.05) is 6.92 Å². The second-order valence-corrected chi connectivity index (χ2v) is 5.27. The summed E-state index contributed by atoms with van der Waals surface area (Å²) in [5.74, 6) is 0.588. The van der Waals surface area contributed by atoms with Gasteiger partial charge in [0.25, 0.3) is 0 Å². The first-order valence-electron chi connectivity index (χ1n) is 7.75. The van der Waals surface area contributed by atoms with Crippen molar-refractivity contribution in [1.82, 2.24) is 5.32 Å². The van der Waals surface area contributed by atoms with Crippen LogP contribution in [0.25, 0.3) is 0 Å². The van der Waals surface area contributed by atoms with Gasteiger partial charge in [-0.05, 0) is 45.1 Å². The van der Waals surface area contributed by atoms with Gasteiger partial charge < -0.3 is 14.8 Å². The van der Waals surface area contributed by atoms with Gasteiger partial charge in [-0.1, -0.05) is 19.8 Å². The Balaban J connectivity index is 2.16. The summed E-state index contributed by atoms with van der Waals surface area (Å²) in [6.07, 6.45) is 7.00. The zero-order chi connectivity index (χ0) is 13.9. The lowest BCUT2D eigenvalue weighted by Crippen LogP contribution is -2.39. The predicted molar refractivity (Wildman–Crippen MR) is 76.1 cm³/mol. The van der Waals surface area contributed by atoms with Gasteiger partial charge in [0, 0.05) is 13.2 Å². The SMILES string of the molecule is CCCNC(CCOCC1CCCC1)C(=O)OCC. The molecule has 0 aliphatic heterocycles. The second-order valence-electron chi connectivity index (χ2n) is 5.27. The van der Waals surface area contributed by atoms with Crippen LogP contribution in [0.2, 0.25) is 0 Å². The van der Waals surface area contributed by atoms with Gasteiger partial charge in [0.05, 0.1) is 6.61 Å². The molecule has 0 aromatic rings. The molecule has 1 N–H and O–H groups in total. The highest BCUT2D eigenvalue weighted by Gasteiger charge is 2.19. The smallest absolute Gasteiger partial charge is 0.323 e. The molecule has 1 saturated carbocycles. The standard InChI is InChI=1S/C15H29NO3/c1-3-10-16-14(15(17)19-4-2)9-11-18-12-13-7-5-6-8-13/h13-14,16H,3-12H2,1-2H3. The molecule has 1 fully saturated rings. The van der Waals surface area contributed by atoms with E-state index in [0.717, 1.165) is 25.5 Å². The second kappa shape index (κ2) is 10.2. The van der Waals surface area contributed by atoms with Gasteiger partial charge in [0.2, 0.25) is 0 Å². The lowest BCUT2D eigenvalue weighted by Gasteiger charge is -2.17. The van der Waals surface area contributed by atoms with Crippen molar-refractivity contribution in [2.45, 2.75) is 58.4 Å². The van der Waals surface area contributed by atoms with E-state index < -0.39 is 0 Å². The minimum atomic E-state index is -0.219. The van der Waals surface area contributed by atoms with Crippen molar-refractivity contribution in [2.75, 3.05) is 26.4 Å². The third-order valence-corrected chi connectivity index (χ3v) is 3.59. The summed E-state index contributed by atoms with van der Waals surface area (Å²) in [4.78, 5) is 11.8. The molecule has 112 valence electrons. The minimum Gasteiger partial charge on any atom is -0.465 e. The minimum absolute atomic E-state index is 0.152. The fourth-order valence-electron chi connectivity index (χ4n) is 2.49. The van der Waals surface area contributed by atoms with Crippen molar-refractivity contribution in [1.29, 1.82) is 0 Å². The van der Waals surface area contributed by atoms with E-state index >= 15 is 0 Å². The molecule has 1 atom stereocenters. The van der Waals surface area contributed by atoms with Gasteiger partial charge in [-0.15, -0.1) is 0 Å². The first kappa shape index (κ1) is 16.4. The van der Waals surface area contributed by atoms with Gasteiger partial charge in [0.15, 0.2) is 0 Å². The maximum Gasteiger partial charge on any atom is 0.323 e. The Morgan fingerprint density at radius 1 is 1.32 bits per heavy atom. The van der Waals surface area contributed by atoms with Crippen molar-refractivity contribution in [3.05, 3.63) is 0 Å². The average Bonchev–Trinajstić information content (AvgIpc) is 2.91. The van der Waals surface area contributed by atoms with Crippen LogP contribution in [-0.2, 0) is 14.3 Å². The maximum absolute atomic E-state index is 11.8. The molecule has 0 bridgehead atoms. The normalized spacial score (nSPS) is 17.6. The zero-order valence-electron chi connectivity index (χ0n) is 12.5. The Bertz CT molecular complexity index is 240. The molecular weight excluding hydrogens is 242 g/mol. The number of carbonyl (C=O) groups excluding carboxylic acids is 1. The molecule has 0 aromatic carbocycles. The summed E-state index contributed by atoms with van der Waals surface area (Å²) < 4.78 is 10.8. The molecule has 1 aliphatic rings. The van der Waals surface area contributed by atoms with Gasteiger partial charge in [-0.25, -0.2) is 0 Å². The lowest BCUT2D eigenvalue weighted by atomic mass is 10.1. The predicted octanol–water partition coefficient (Wildman–Crippen LogP) is 2.51. The van der Waals surface area contributed by atoms with Crippen LogP contribution in [0.15, 0.2) is 0 Å². The Kier molecular flexibility index (Phi) is 8.84. The average molecular weight is 271 g/mol. The van der Waals surface area contributed by atoms with Crippen LogP contribution >= 0.6 is 0 Å². The van der Waals surface area contributed by atoms with Crippen LogP contribution in [0.4, 0.5) is 0 Å². The highest BCUT2D eigenvalue weighted by Crippen LogP contribution is 2.24. The van der Waals surface area contributed by atoms with Gasteiger partial charge in [0.1, 0.15) is 6.04 Å². The highest BCUT2D eigenvalue weighted by atomic mass is 16.5. The van der Waals surface area contributed by atoms with Crippen LogP contribution in [-0.4, -0.2) is 38.4 Å². The third-order valence-electron chi connectivity index (χ3n) is 3.59. The molecule has 0 amide bonds. The fraction of sp³-hybridized carbons (Fsp3) is 0.933. The Morgan fingerprint density at radius 2 is 2.05 bits per heavy atom. The Morgan fingerprint density at radius 3 is 2.68 bits per heavy atom. The highest BCUT2D eigenvalue weighted by molar-refractivity contribution is 5.75. The summed E-state index contributed by atoms with van der Waals surface area (Å²) in [5, 5.41) is 3.23. The van der Waals surface area contributed by atoms with E-state index in [4.69, 9.17) is 9.47 Å². The van der Waals surface area contributed by atoms with E-state index in [2.05, 4.69) is 12.2 Å². The van der Waals surface area contributed by atoms with Crippen molar-refractivity contribution in [3.63, 3.8) is 0 Å². The largest absolute Gasteiger partial charge is 0.465 e. The van der Waals surface area contributed by atoms with Gasteiger partial charge in [-0.3, -0.25) is 4.79 Å². The summed E-state index contributed by atoms with van der Waals surface area (Å²) in [7, 11) is 0. The topological polar surface area (TPSA) is 47.6 Å². The molecule has 1 rings (SSSR count). The molecule has 0 spiro atoms. The van der Waals surface area contributed by atoms with Crippen molar-refractivity contribution >= 4 is 5.97 Å². The van der Waals surface area contributed by atoms with Gasteiger partial charge >= 0.3 is 5.97 Å². The van der Waals surface area contributed by atoms with E-state index in [1.54, 1.807) is 0 Å². The molecule has 19 heavy (non-hydrogen) atoms. The van der Waals surface area contributed by atoms with E-state index in [-0.39, 0.29) is 12.0 Å². The number of hydrogen-bond acceptors (Lipinski definition) is 4. The number of nitrogens with one attached hydrogen (secondary N) is 1. The van der Waals surface area contributed by atoms with Gasteiger partial charge in [-0.2, -0.15) is 0 Å². The molecule has 4 nitrogen and oxygen atoms in total. The zero-order valence-corrected chi connectivity index (χ0v) is 12.5. The molecule has 0 heterocycles. The first-order valence-corrected chi connectivity index (χ1v) is 7.75. The van der Waals surface area contributed by atoms with Crippen LogP contribution in [0.3, 0.4) is 0 Å². The summed E-state index contributed by atoms with van der Waals surface area (Å²) in [6.45, 7) is 6.69. The number of ether oxygens (including phenoxy) is 2. The molecule has 1 unspecified atom stereocenters. The monoisotopic (exact) mass is 271 g/mol. The number of esters is 1. The lowest BCUT2D eigenvalue weighted by molar-refractivity contribution is -0.146. The quantitative estimate of drug-likeness (QED) is 0.490. The van der Waals surface area contributed by atoms with E-state index in [0.29, 0.717) is 19.6 Å². The Hall–Kier alpha value is -0.610. The molecule has 0 saturated heterocycles. The van der Waals surface area contributed by atoms with Crippen LogP contribution in [0.1, 0.15) is 52.4 Å². The van der Waals surface area contributed by atoms with Crippen molar-refractivity contribution in [3.8, 4) is 0 Å². The molecule has 1 aliphatic carbocycles. The van der Waals surface area contributed by atoms with Crippen LogP contribution < -0.4 is 5.32 Å². The van der Waals surface area contributed by atoms with E-state index in [9.17, 15) is 4.79 Å². The van der Waals surface area contributed by atoms with Crippen molar-refractivity contribution < 1.29 is 14.3 Å². The summed E-state index contributed by atoms with van der Waals surface area (Å²) in [6, 6.07) is -0.219. The third kappa shape index (κ3) is 6.92. The number of rotatable bonds is 10. The summed E-state index contributed by atoms with van der Waals surface area (Å²) >= 11 is 0. The number of hydrogen-bond donors (Lipinski definition) is 1. The van der Waals surface area contributed by atoms with Crippen LogP contribution in [0.5, 0.6) is 0 Å². The Labute approximate surface area is 117 Å². The van der Waals surface area contributed by atoms with Crippen LogP contribution in [0, 0.1) is 5.92 Å². The van der Waals surface area contributed by atoms with E-state index in [1.165, 1.54) is 25.7 Å². The number of carbonyl (C=O) groups is 1. The van der Waals surface area contributed by atoms with Crippen molar-refractivity contribution in [2.24, 2.45) is 5.92 Å². The fourth-order valence-corrected chi connectivity index (χ4v) is 2.49. The molecule has 0 aromatic heterocycles. The summed E-state index contributed by atoms with van der Waals surface area (Å²) in [5.41, 5.74) is 0. The molecule has 4 heteroatoms. The molecule has 0 radical (unpaired) electrons. The molecular formula is C15H29NO3.